The van der Waals surface area contributed by atoms with Crippen LogP contribution in [0.15, 0.2) is 91.0 Å². The van der Waals surface area contributed by atoms with Crippen LogP contribution in [0, 0.1) is 0 Å². The van der Waals surface area contributed by atoms with E-state index in [1.165, 1.54) is 22.3 Å². The number of hydrogen-bond donors (Lipinski definition) is 1. The first-order valence-electron chi connectivity index (χ1n) is 8.73. The number of rotatable bonds is 4. The third kappa shape index (κ3) is 4.39. The van der Waals surface area contributed by atoms with Gasteiger partial charge in [-0.2, -0.15) is 0 Å². The van der Waals surface area contributed by atoms with Crippen molar-refractivity contribution in [3.63, 3.8) is 0 Å². The Balaban J connectivity index is 2.30. The van der Waals surface area contributed by atoms with Crippen molar-refractivity contribution in [2.24, 2.45) is 0 Å². The molecule has 0 spiro atoms. The molecule has 0 radical (unpaired) electrons. The molecule has 1 heteroatoms. The average Bonchev–Trinajstić information content (AvgIpc) is 2.63. The first-order chi connectivity index (χ1) is 12.0. The molecule has 25 heavy (non-hydrogen) atoms. The molecule has 0 fully saturated rings. The van der Waals surface area contributed by atoms with Crippen LogP contribution in [0.5, 0.6) is 0 Å². The van der Waals surface area contributed by atoms with Gasteiger partial charge < -0.3 is 5.32 Å². The maximum atomic E-state index is 3.75. The number of benzene rings is 3. The van der Waals surface area contributed by atoms with E-state index in [2.05, 4.69) is 117 Å². The Kier molecular flexibility index (Phi) is 5.04. The van der Waals surface area contributed by atoms with E-state index < -0.39 is 0 Å². The van der Waals surface area contributed by atoms with Gasteiger partial charge in [-0.15, -0.1) is 0 Å². The fraction of sp³-hybridized carbons (Fsp3) is 0.167. The molecule has 0 saturated heterocycles. The lowest BCUT2D eigenvalue weighted by molar-refractivity contribution is 0.502. The van der Waals surface area contributed by atoms with Crippen LogP contribution in [-0.4, -0.2) is 5.54 Å². The molecule has 0 atom stereocenters. The highest BCUT2D eigenvalue weighted by Gasteiger charge is 2.18. The van der Waals surface area contributed by atoms with Gasteiger partial charge in [0.2, 0.25) is 0 Å². The fourth-order valence-corrected chi connectivity index (χ4v) is 2.92. The summed E-state index contributed by atoms with van der Waals surface area (Å²) in [6.07, 6.45) is 0. The lowest BCUT2D eigenvalue weighted by Crippen LogP contribution is -2.35. The van der Waals surface area contributed by atoms with Crippen LogP contribution in [0.4, 0.5) is 0 Å². The molecule has 3 aromatic rings. The average molecular weight is 327 g/mol. The van der Waals surface area contributed by atoms with E-state index in [4.69, 9.17) is 0 Å². The number of hydrogen-bond acceptors (Lipinski definition) is 1. The van der Waals surface area contributed by atoms with Crippen LogP contribution >= 0.6 is 0 Å². The first-order valence-corrected chi connectivity index (χ1v) is 8.73. The largest absolute Gasteiger partial charge is 0.379 e. The second kappa shape index (κ2) is 7.40. The molecule has 3 rings (SSSR count). The Hall–Kier alpha value is -2.80. The van der Waals surface area contributed by atoms with Crippen molar-refractivity contribution in [1.82, 2.24) is 5.32 Å². The topological polar surface area (TPSA) is 12.0 Å². The minimum Gasteiger partial charge on any atom is -0.379 e. The lowest BCUT2D eigenvalue weighted by Gasteiger charge is -2.28. The smallest absolute Gasteiger partial charge is 0.0503 e. The van der Waals surface area contributed by atoms with Crippen LogP contribution in [0.2, 0.25) is 0 Å². The van der Waals surface area contributed by atoms with Crippen LogP contribution in [-0.2, 0) is 0 Å². The summed E-state index contributed by atoms with van der Waals surface area (Å²) in [5.41, 5.74) is 5.96. The second-order valence-corrected chi connectivity index (χ2v) is 7.22. The van der Waals surface area contributed by atoms with Gasteiger partial charge in [-0.05, 0) is 37.5 Å². The zero-order chi connectivity index (χ0) is 17.7. The summed E-state index contributed by atoms with van der Waals surface area (Å²) < 4.78 is 0. The van der Waals surface area contributed by atoms with Crippen LogP contribution in [0.3, 0.4) is 0 Å². The summed E-state index contributed by atoms with van der Waals surface area (Å²) in [4.78, 5) is 0. The van der Waals surface area contributed by atoms with Crippen molar-refractivity contribution >= 4 is 11.3 Å². The van der Waals surface area contributed by atoms with E-state index in [1.807, 2.05) is 0 Å². The van der Waals surface area contributed by atoms with Crippen molar-refractivity contribution in [2.75, 3.05) is 0 Å². The lowest BCUT2D eigenvalue weighted by atomic mass is 9.92. The van der Waals surface area contributed by atoms with Crippen LogP contribution < -0.4 is 5.32 Å². The summed E-state index contributed by atoms with van der Waals surface area (Å²) >= 11 is 0. The van der Waals surface area contributed by atoms with Gasteiger partial charge in [0.25, 0.3) is 0 Å². The quantitative estimate of drug-likeness (QED) is 0.580. The van der Waals surface area contributed by atoms with Gasteiger partial charge in [-0.1, -0.05) is 91.0 Å². The van der Waals surface area contributed by atoms with Crippen LogP contribution in [0.1, 0.15) is 37.5 Å². The zero-order valence-electron chi connectivity index (χ0n) is 15.2. The van der Waals surface area contributed by atoms with Gasteiger partial charge in [-0.25, -0.2) is 0 Å². The van der Waals surface area contributed by atoms with Crippen LogP contribution in [0.25, 0.3) is 11.3 Å². The Bertz CT molecular complexity index is 784. The van der Waals surface area contributed by atoms with Crippen molar-refractivity contribution < 1.29 is 0 Å². The van der Waals surface area contributed by atoms with Gasteiger partial charge in [0, 0.05) is 11.1 Å². The molecular weight excluding hydrogens is 302 g/mol. The monoisotopic (exact) mass is 327 g/mol. The Morgan fingerprint density at radius 3 is 1.28 bits per heavy atom. The predicted molar refractivity (Wildman–Crippen MR) is 108 cm³/mol. The third-order valence-corrected chi connectivity index (χ3v) is 3.94. The maximum absolute atomic E-state index is 3.75. The Labute approximate surface area is 151 Å². The van der Waals surface area contributed by atoms with Crippen molar-refractivity contribution in [3.05, 3.63) is 108 Å². The normalized spacial score (nSPS) is 11.0. The molecule has 0 amide bonds. The minimum absolute atomic E-state index is 0.0417. The predicted octanol–water partition coefficient (Wildman–Crippen LogP) is 5.99. The Morgan fingerprint density at radius 2 is 0.920 bits per heavy atom. The molecule has 0 unspecified atom stereocenters. The van der Waals surface area contributed by atoms with Gasteiger partial charge in [0.1, 0.15) is 0 Å². The van der Waals surface area contributed by atoms with E-state index in [1.54, 1.807) is 0 Å². The summed E-state index contributed by atoms with van der Waals surface area (Å²) in [5, 5.41) is 3.75. The molecule has 0 saturated carbocycles. The zero-order valence-corrected chi connectivity index (χ0v) is 15.2. The summed E-state index contributed by atoms with van der Waals surface area (Å²) in [6.45, 7) is 6.59. The molecule has 0 aliphatic rings. The molecule has 1 nitrogen and oxygen atoms in total. The van der Waals surface area contributed by atoms with Gasteiger partial charge >= 0.3 is 0 Å². The maximum Gasteiger partial charge on any atom is 0.0503 e. The highest BCUT2D eigenvalue weighted by Crippen LogP contribution is 2.32. The van der Waals surface area contributed by atoms with E-state index >= 15 is 0 Å². The standard InChI is InChI=1S/C24H25N/c1-24(2,3)25-23(21-17-11-6-12-18-21)22(19-13-7-4-8-14-19)20-15-9-5-10-16-20/h4-18,25H,1-3H3. The molecular formula is C24H25N. The molecule has 0 bridgehead atoms. The summed E-state index contributed by atoms with van der Waals surface area (Å²) in [6, 6.07) is 31.8. The fourth-order valence-electron chi connectivity index (χ4n) is 2.92. The van der Waals surface area contributed by atoms with Crippen molar-refractivity contribution in [1.29, 1.82) is 0 Å². The molecule has 0 heterocycles. The second-order valence-electron chi connectivity index (χ2n) is 7.22. The summed E-state index contributed by atoms with van der Waals surface area (Å²) in [5.74, 6) is 0. The van der Waals surface area contributed by atoms with Gasteiger partial charge in [0.15, 0.2) is 0 Å². The van der Waals surface area contributed by atoms with Crippen molar-refractivity contribution in [3.8, 4) is 0 Å². The highest BCUT2D eigenvalue weighted by molar-refractivity contribution is 5.98. The third-order valence-electron chi connectivity index (χ3n) is 3.94. The van der Waals surface area contributed by atoms with E-state index in [-0.39, 0.29) is 5.54 Å². The summed E-state index contributed by atoms with van der Waals surface area (Å²) in [7, 11) is 0. The van der Waals surface area contributed by atoms with E-state index in [9.17, 15) is 0 Å². The molecule has 126 valence electrons. The van der Waals surface area contributed by atoms with Gasteiger partial charge in [0.05, 0.1) is 5.70 Å². The first kappa shape index (κ1) is 17.0. The Morgan fingerprint density at radius 1 is 0.560 bits per heavy atom. The minimum atomic E-state index is -0.0417. The van der Waals surface area contributed by atoms with Gasteiger partial charge in [-0.3, -0.25) is 0 Å². The molecule has 3 aromatic carbocycles. The molecule has 0 aromatic heterocycles. The van der Waals surface area contributed by atoms with E-state index in [0.717, 1.165) is 5.70 Å². The van der Waals surface area contributed by atoms with E-state index in [0.29, 0.717) is 0 Å². The van der Waals surface area contributed by atoms with Crippen molar-refractivity contribution in [2.45, 2.75) is 26.3 Å². The number of nitrogens with one attached hydrogen (secondary N) is 1. The molecule has 0 aliphatic heterocycles. The molecule has 0 aliphatic carbocycles. The molecule has 1 N–H and O–H groups in total. The highest BCUT2D eigenvalue weighted by atomic mass is 15.0. The SMILES string of the molecule is CC(C)(C)NC(=C(c1ccccc1)c1ccccc1)c1ccccc1.